The molecule has 0 radical (unpaired) electrons. The Hall–Kier alpha value is -3.10. The number of methoxy groups -OCH3 is 2. The molecule has 2 aromatic carbocycles. The molecule has 0 aliphatic heterocycles. The van der Waals surface area contributed by atoms with Crippen molar-refractivity contribution in [2.45, 2.75) is 24.9 Å². The van der Waals surface area contributed by atoms with E-state index in [1.54, 1.807) is 25.3 Å². The van der Waals surface area contributed by atoms with E-state index < -0.39 is 0 Å². The van der Waals surface area contributed by atoms with Gasteiger partial charge in [-0.3, -0.25) is 9.59 Å². The van der Waals surface area contributed by atoms with Crippen LogP contribution in [0.2, 0.25) is 0 Å². The number of carbonyl (C=O) groups is 1. The maximum absolute atomic E-state index is 12.9. The van der Waals surface area contributed by atoms with Gasteiger partial charge < -0.3 is 14.5 Å². The molecule has 0 amide bonds. The SMILES string of the molecule is COc1ccc(C(=O)CSc2nc3scc(-c4ccc(C(C)C)cc4)c3c(=O)[nH]2)c(OC)c1. The number of hydrogen-bond acceptors (Lipinski definition) is 7. The number of H-pyrrole nitrogens is 1. The number of aromatic amines is 1. The number of rotatable bonds is 8. The number of thioether (sulfide) groups is 1. The third-order valence-corrected chi connectivity index (χ3v) is 7.11. The molecule has 4 aromatic rings. The lowest BCUT2D eigenvalue weighted by Crippen LogP contribution is -2.10. The second-order valence-electron chi connectivity index (χ2n) is 7.76. The number of Topliss-reactive ketones (excluding diaryl/α,β-unsaturated/α-hetero) is 1. The first-order chi connectivity index (χ1) is 15.9. The molecule has 2 heterocycles. The van der Waals surface area contributed by atoms with Crippen LogP contribution in [-0.2, 0) is 0 Å². The van der Waals surface area contributed by atoms with E-state index in [4.69, 9.17) is 9.47 Å². The van der Waals surface area contributed by atoms with E-state index in [0.717, 1.165) is 11.1 Å². The highest BCUT2D eigenvalue weighted by atomic mass is 32.2. The van der Waals surface area contributed by atoms with Crippen LogP contribution in [0.5, 0.6) is 11.5 Å². The molecule has 0 saturated carbocycles. The smallest absolute Gasteiger partial charge is 0.260 e. The van der Waals surface area contributed by atoms with E-state index in [0.29, 0.717) is 38.4 Å². The van der Waals surface area contributed by atoms with Gasteiger partial charge in [0.1, 0.15) is 16.3 Å². The van der Waals surface area contributed by atoms with Crippen molar-refractivity contribution in [1.82, 2.24) is 9.97 Å². The minimum atomic E-state index is -0.207. The predicted octanol–water partition coefficient (Wildman–Crippen LogP) is 5.77. The lowest BCUT2D eigenvalue weighted by molar-refractivity contribution is 0.101. The number of carbonyl (C=O) groups excluding carboxylic acids is 1. The van der Waals surface area contributed by atoms with Crippen molar-refractivity contribution in [2.75, 3.05) is 20.0 Å². The van der Waals surface area contributed by atoms with Gasteiger partial charge in [0, 0.05) is 17.0 Å². The first-order valence-electron chi connectivity index (χ1n) is 10.4. The average molecular weight is 481 g/mol. The van der Waals surface area contributed by atoms with Gasteiger partial charge >= 0.3 is 0 Å². The molecule has 0 atom stereocenters. The quantitative estimate of drug-likeness (QED) is 0.196. The Morgan fingerprint density at radius 1 is 1.12 bits per heavy atom. The molecule has 170 valence electrons. The zero-order valence-electron chi connectivity index (χ0n) is 18.8. The molecule has 8 heteroatoms. The zero-order chi connectivity index (χ0) is 23.5. The van der Waals surface area contributed by atoms with Crippen molar-refractivity contribution in [3.63, 3.8) is 0 Å². The zero-order valence-corrected chi connectivity index (χ0v) is 20.4. The van der Waals surface area contributed by atoms with Crippen molar-refractivity contribution in [2.24, 2.45) is 0 Å². The molecule has 0 unspecified atom stereocenters. The molecule has 4 rings (SSSR count). The van der Waals surface area contributed by atoms with Gasteiger partial charge in [0.15, 0.2) is 10.9 Å². The summed E-state index contributed by atoms with van der Waals surface area (Å²) < 4.78 is 10.5. The number of thiophene rings is 1. The molecular weight excluding hydrogens is 456 g/mol. The standard InChI is InChI=1S/C25H24N2O4S2/c1-14(2)15-5-7-16(8-6-15)19-12-32-24-22(19)23(29)26-25(27-24)33-13-20(28)18-10-9-17(30-3)11-21(18)31-4/h5-12,14H,13H2,1-4H3,(H,26,27,29). The second kappa shape index (κ2) is 9.80. The highest BCUT2D eigenvalue weighted by Gasteiger charge is 2.17. The van der Waals surface area contributed by atoms with Gasteiger partial charge in [-0.2, -0.15) is 0 Å². The Balaban J connectivity index is 1.56. The molecular formula is C25H24N2O4S2. The number of ether oxygens (including phenoxy) is 2. The van der Waals surface area contributed by atoms with Gasteiger partial charge in [-0.25, -0.2) is 4.98 Å². The predicted molar refractivity (Wildman–Crippen MR) is 134 cm³/mol. The number of hydrogen-bond donors (Lipinski definition) is 1. The topological polar surface area (TPSA) is 81.3 Å². The Bertz CT molecular complexity index is 1360. The van der Waals surface area contributed by atoms with Crippen LogP contribution < -0.4 is 15.0 Å². The normalized spacial score (nSPS) is 11.2. The fourth-order valence-electron chi connectivity index (χ4n) is 3.50. The average Bonchev–Trinajstić information content (AvgIpc) is 3.26. The summed E-state index contributed by atoms with van der Waals surface area (Å²) in [5.74, 6) is 1.50. The number of nitrogens with one attached hydrogen (secondary N) is 1. The fraction of sp³-hybridized carbons (Fsp3) is 0.240. The van der Waals surface area contributed by atoms with E-state index in [-0.39, 0.29) is 17.1 Å². The molecule has 0 saturated heterocycles. The molecule has 0 bridgehead atoms. The summed E-state index contributed by atoms with van der Waals surface area (Å²) in [6.45, 7) is 4.30. The van der Waals surface area contributed by atoms with Crippen LogP contribution in [0, 0.1) is 0 Å². The maximum atomic E-state index is 12.9. The first kappa shape index (κ1) is 23.1. The summed E-state index contributed by atoms with van der Waals surface area (Å²) in [6, 6.07) is 13.3. The number of ketones is 1. The summed E-state index contributed by atoms with van der Waals surface area (Å²) >= 11 is 2.62. The minimum Gasteiger partial charge on any atom is -0.497 e. The molecule has 0 fully saturated rings. The third-order valence-electron chi connectivity index (χ3n) is 5.36. The van der Waals surface area contributed by atoms with Gasteiger partial charge in [0.25, 0.3) is 5.56 Å². The molecule has 1 N–H and O–H groups in total. The van der Waals surface area contributed by atoms with Gasteiger partial charge in [0.05, 0.1) is 30.9 Å². The first-order valence-corrected chi connectivity index (χ1v) is 12.3. The molecule has 33 heavy (non-hydrogen) atoms. The van der Waals surface area contributed by atoms with Gasteiger partial charge in [0.2, 0.25) is 0 Å². The van der Waals surface area contributed by atoms with Crippen molar-refractivity contribution in [3.8, 4) is 22.6 Å². The maximum Gasteiger partial charge on any atom is 0.260 e. The second-order valence-corrected chi connectivity index (χ2v) is 9.58. The van der Waals surface area contributed by atoms with Gasteiger partial charge in [-0.15, -0.1) is 11.3 Å². The number of nitrogens with zero attached hydrogens (tertiary/aromatic N) is 1. The lowest BCUT2D eigenvalue weighted by atomic mass is 9.99. The Kier molecular flexibility index (Phi) is 6.85. The highest BCUT2D eigenvalue weighted by Crippen LogP contribution is 2.33. The van der Waals surface area contributed by atoms with Crippen LogP contribution in [0.1, 0.15) is 35.7 Å². The van der Waals surface area contributed by atoms with Crippen molar-refractivity contribution < 1.29 is 14.3 Å². The van der Waals surface area contributed by atoms with Crippen LogP contribution in [0.4, 0.5) is 0 Å². The molecule has 0 aliphatic rings. The van der Waals surface area contributed by atoms with E-state index in [2.05, 4.69) is 35.9 Å². The fourth-order valence-corrected chi connectivity index (χ4v) is 5.25. The highest BCUT2D eigenvalue weighted by molar-refractivity contribution is 7.99. The molecule has 2 aromatic heterocycles. The summed E-state index contributed by atoms with van der Waals surface area (Å²) in [6.07, 6.45) is 0. The molecule has 0 aliphatic carbocycles. The Morgan fingerprint density at radius 3 is 2.55 bits per heavy atom. The number of fused-ring (bicyclic) bond motifs is 1. The summed E-state index contributed by atoms with van der Waals surface area (Å²) in [5.41, 5.74) is 3.36. The van der Waals surface area contributed by atoms with E-state index in [9.17, 15) is 9.59 Å². The minimum absolute atomic E-state index is 0.117. The van der Waals surface area contributed by atoms with E-state index >= 15 is 0 Å². The summed E-state index contributed by atoms with van der Waals surface area (Å²) in [7, 11) is 3.07. The summed E-state index contributed by atoms with van der Waals surface area (Å²) in [4.78, 5) is 33.7. The van der Waals surface area contributed by atoms with Crippen molar-refractivity contribution in [1.29, 1.82) is 0 Å². The number of aromatic nitrogens is 2. The van der Waals surface area contributed by atoms with Gasteiger partial charge in [-0.05, 0) is 29.2 Å². The van der Waals surface area contributed by atoms with E-state index in [1.165, 1.54) is 35.8 Å². The van der Waals surface area contributed by atoms with Crippen LogP contribution in [0.15, 0.2) is 57.8 Å². The number of benzene rings is 2. The van der Waals surface area contributed by atoms with E-state index in [1.807, 2.05) is 17.5 Å². The Morgan fingerprint density at radius 2 is 1.88 bits per heavy atom. The third kappa shape index (κ3) is 4.82. The Labute approximate surface area is 200 Å². The molecule has 0 spiro atoms. The molecule has 6 nitrogen and oxygen atoms in total. The van der Waals surface area contributed by atoms with Crippen molar-refractivity contribution >= 4 is 39.1 Å². The lowest BCUT2D eigenvalue weighted by Gasteiger charge is -2.09. The monoisotopic (exact) mass is 480 g/mol. The van der Waals surface area contributed by atoms with Crippen molar-refractivity contribution in [3.05, 3.63) is 69.3 Å². The van der Waals surface area contributed by atoms with Crippen LogP contribution in [-0.4, -0.2) is 35.7 Å². The van der Waals surface area contributed by atoms with Gasteiger partial charge in [-0.1, -0.05) is 49.9 Å². The van der Waals surface area contributed by atoms with Crippen LogP contribution in [0.3, 0.4) is 0 Å². The summed E-state index contributed by atoms with van der Waals surface area (Å²) in [5, 5.41) is 2.95. The van der Waals surface area contributed by atoms with Crippen LogP contribution >= 0.6 is 23.1 Å². The largest absolute Gasteiger partial charge is 0.497 e. The van der Waals surface area contributed by atoms with Crippen LogP contribution in [0.25, 0.3) is 21.3 Å².